The van der Waals surface area contributed by atoms with Crippen molar-refractivity contribution in [3.63, 3.8) is 0 Å². The molecule has 4 heteroatoms. The second kappa shape index (κ2) is 6.44. The fourth-order valence-electron chi connectivity index (χ4n) is 4.13. The summed E-state index contributed by atoms with van der Waals surface area (Å²) in [5.74, 6) is 1.43. The van der Waals surface area contributed by atoms with E-state index in [0.29, 0.717) is 11.9 Å². The zero-order chi connectivity index (χ0) is 13.9. The third-order valence-electron chi connectivity index (χ3n) is 5.29. The molecule has 3 aliphatic heterocycles. The first-order valence-corrected chi connectivity index (χ1v) is 8.47. The molecule has 3 rings (SSSR count). The van der Waals surface area contributed by atoms with Gasteiger partial charge >= 0.3 is 0 Å². The van der Waals surface area contributed by atoms with E-state index >= 15 is 0 Å². The van der Waals surface area contributed by atoms with E-state index in [1.165, 1.54) is 38.9 Å². The third kappa shape index (κ3) is 3.34. The highest BCUT2D eigenvalue weighted by molar-refractivity contribution is 5.79. The average molecular weight is 279 g/mol. The van der Waals surface area contributed by atoms with Crippen molar-refractivity contribution in [2.24, 2.45) is 11.8 Å². The maximum Gasteiger partial charge on any atom is 0.225 e. The van der Waals surface area contributed by atoms with Gasteiger partial charge in [0.25, 0.3) is 0 Å². The molecule has 3 atom stereocenters. The molecule has 0 aliphatic carbocycles. The fraction of sp³-hybridized carbons (Fsp3) is 0.938. The Labute approximate surface area is 122 Å². The Kier molecular flexibility index (Phi) is 4.61. The van der Waals surface area contributed by atoms with Crippen molar-refractivity contribution in [2.45, 2.75) is 45.1 Å². The molecule has 3 aliphatic rings. The molecule has 20 heavy (non-hydrogen) atoms. The molecule has 3 saturated heterocycles. The summed E-state index contributed by atoms with van der Waals surface area (Å²) in [5.41, 5.74) is 0. The van der Waals surface area contributed by atoms with Crippen LogP contribution < -0.4 is 5.32 Å². The topological polar surface area (TPSA) is 35.6 Å². The van der Waals surface area contributed by atoms with Gasteiger partial charge in [0.15, 0.2) is 0 Å². The molecule has 0 aromatic carbocycles. The molecule has 0 saturated carbocycles. The molecule has 0 radical (unpaired) electrons. The zero-order valence-corrected chi connectivity index (χ0v) is 12.8. The maximum absolute atomic E-state index is 12.6. The van der Waals surface area contributed by atoms with Crippen LogP contribution in [0.1, 0.15) is 39.0 Å². The molecule has 0 aromatic heterocycles. The summed E-state index contributed by atoms with van der Waals surface area (Å²) in [4.78, 5) is 17.4. The van der Waals surface area contributed by atoms with Crippen LogP contribution in [-0.2, 0) is 4.79 Å². The monoisotopic (exact) mass is 279 g/mol. The lowest BCUT2D eigenvalue weighted by atomic mass is 9.92. The molecule has 3 heterocycles. The van der Waals surface area contributed by atoms with E-state index < -0.39 is 0 Å². The van der Waals surface area contributed by atoms with Gasteiger partial charge in [0.2, 0.25) is 5.91 Å². The molecular weight excluding hydrogens is 250 g/mol. The quantitative estimate of drug-likeness (QED) is 0.846. The standard InChI is InChI=1S/C16H29N3O/c1-13-10-15(4-6-17-13)16(20)19-9-5-14(12-19)11-18-7-2-3-8-18/h13-15,17H,2-12H2,1H3/t13-,14?,15-/m0/s1. The first-order chi connectivity index (χ1) is 9.72. The summed E-state index contributed by atoms with van der Waals surface area (Å²) in [6.07, 6.45) is 5.98. The first kappa shape index (κ1) is 14.3. The van der Waals surface area contributed by atoms with Gasteiger partial charge < -0.3 is 15.1 Å². The van der Waals surface area contributed by atoms with Crippen LogP contribution in [0.15, 0.2) is 0 Å². The number of carbonyl (C=O) groups is 1. The first-order valence-electron chi connectivity index (χ1n) is 8.47. The van der Waals surface area contributed by atoms with Gasteiger partial charge in [-0.1, -0.05) is 0 Å². The van der Waals surface area contributed by atoms with Crippen LogP contribution in [0.5, 0.6) is 0 Å². The van der Waals surface area contributed by atoms with Crippen molar-refractivity contribution in [1.82, 2.24) is 15.1 Å². The van der Waals surface area contributed by atoms with Gasteiger partial charge in [0, 0.05) is 31.6 Å². The van der Waals surface area contributed by atoms with E-state index in [1.807, 2.05) is 0 Å². The highest BCUT2D eigenvalue weighted by Gasteiger charge is 2.33. The Hall–Kier alpha value is -0.610. The largest absolute Gasteiger partial charge is 0.342 e. The number of rotatable bonds is 3. The summed E-state index contributed by atoms with van der Waals surface area (Å²) in [6, 6.07) is 0.501. The highest BCUT2D eigenvalue weighted by atomic mass is 16.2. The number of nitrogens with zero attached hydrogens (tertiary/aromatic N) is 2. The molecule has 0 aromatic rings. The minimum atomic E-state index is 0.275. The fourth-order valence-corrected chi connectivity index (χ4v) is 4.13. The van der Waals surface area contributed by atoms with Crippen LogP contribution in [0.2, 0.25) is 0 Å². The van der Waals surface area contributed by atoms with Crippen LogP contribution in [0.4, 0.5) is 0 Å². The van der Waals surface area contributed by atoms with Gasteiger partial charge in [-0.05, 0) is 64.6 Å². The van der Waals surface area contributed by atoms with Gasteiger partial charge in [-0.3, -0.25) is 4.79 Å². The van der Waals surface area contributed by atoms with E-state index in [2.05, 4.69) is 22.0 Å². The van der Waals surface area contributed by atoms with Gasteiger partial charge in [-0.15, -0.1) is 0 Å². The normalized spacial score (nSPS) is 35.6. The Morgan fingerprint density at radius 1 is 1.20 bits per heavy atom. The van der Waals surface area contributed by atoms with Crippen LogP contribution in [0.3, 0.4) is 0 Å². The second-order valence-corrected chi connectivity index (χ2v) is 7.02. The lowest BCUT2D eigenvalue weighted by molar-refractivity contribution is -0.135. The molecular formula is C16H29N3O. The smallest absolute Gasteiger partial charge is 0.225 e. The summed E-state index contributed by atoms with van der Waals surface area (Å²) < 4.78 is 0. The molecule has 3 fully saturated rings. The molecule has 1 unspecified atom stereocenters. The lowest BCUT2D eigenvalue weighted by Gasteiger charge is -2.30. The van der Waals surface area contributed by atoms with E-state index in [4.69, 9.17) is 0 Å². The summed E-state index contributed by atoms with van der Waals surface area (Å²) in [6.45, 7) is 8.96. The minimum Gasteiger partial charge on any atom is -0.342 e. The summed E-state index contributed by atoms with van der Waals surface area (Å²) in [5, 5.41) is 3.44. The van der Waals surface area contributed by atoms with Crippen LogP contribution >= 0.6 is 0 Å². The maximum atomic E-state index is 12.6. The number of likely N-dealkylation sites (tertiary alicyclic amines) is 2. The second-order valence-electron chi connectivity index (χ2n) is 7.02. The number of piperidine rings is 1. The van der Waals surface area contributed by atoms with Gasteiger partial charge in [-0.25, -0.2) is 0 Å². The van der Waals surface area contributed by atoms with Crippen LogP contribution in [0, 0.1) is 11.8 Å². The predicted molar refractivity (Wildman–Crippen MR) is 80.5 cm³/mol. The van der Waals surface area contributed by atoms with Crippen molar-refractivity contribution in [3.05, 3.63) is 0 Å². The Balaban J connectivity index is 1.47. The number of hydrogen-bond acceptors (Lipinski definition) is 3. The molecule has 1 amide bonds. The van der Waals surface area contributed by atoms with E-state index in [1.54, 1.807) is 0 Å². The van der Waals surface area contributed by atoms with Crippen LogP contribution in [-0.4, -0.2) is 61.0 Å². The molecule has 1 N–H and O–H groups in total. The lowest BCUT2D eigenvalue weighted by Crippen LogP contribution is -2.43. The number of nitrogens with one attached hydrogen (secondary N) is 1. The summed E-state index contributed by atoms with van der Waals surface area (Å²) >= 11 is 0. The molecule has 114 valence electrons. The van der Waals surface area contributed by atoms with E-state index in [9.17, 15) is 4.79 Å². The summed E-state index contributed by atoms with van der Waals surface area (Å²) in [7, 11) is 0. The van der Waals surface area contributed by atoms with Crippen molar-refractivity contribution in [3.8, 4) is 0 Å². The zero-order valence-electron chi connectivity index (χ0n) is 12.8. The van der Waals surface area contributed by atoms with Crippen LogP contribution in [0.25, 0.3) is 0 Å². The predicted octanol–water partition coefficient (Wildman–Crippen LogP) is 1.32. The molecule has 4 nitrogen and oxygen atoms in total. The number of carbonyl (C=O) groups excluding carboxylic acids is 1. The van der Waals surface area contributed by atoms with E-state index in [0.717, 1.165) is 38.4 Å². The Morgan fingerprint density at radius 2 is 2.00 bits per heavy atom. The Bertz CT molecular complexity index is 341. The van der Waals surface area contributed by atoms with E-state index in [-0.39, 0.29) is 5.92 Å². The highest BCUT2D eigenvalue weighted by Crippen LogP contribution is 2.25. The van der Waals surface area contributed by atoms with Gasteiger partial charge in [0.1, 0.15) is 0 Å². The van der Waals surface area contributed by atoms with Crippen molar-refractivity contribution in [2.75, 3.05) is 39.3 Å². The van der Waals surface area contributed by atoms with Gasteiger partial charge in [0.05, 0.1) is 0 Å². The van der Waals surface area contributed by atoms with Crippen molar-refractivity contribution in [1.29, 1.82) is 0 Å². The Morgan fingerprint density at radius 3 is 2.75 bits per heavy atom. The number of amides is 1. The molecule has 0 spiro atoms. The SMILES string of the molecule is C[C@H]1C[C@@H](C(=O)N2CCC(CN3CCCC3)C2)CCN1. The molecule has 0 bridgehead atoms. The third-order valence-corrected chi connectivity index (χ3v) is 5.29. The minimum absolute atomic E-state index is 0.275. The van der Waals surface area contributed by atoms with Gasteiger partial charge in [-0.2, -0.15) is 0 Å². The van der Waals surface area contributed by atoms with Crippen molar-refractivity contribution >= 4 is 5.91 Å². The number of hydrogen-bond donors (Lipinski definition) is 1. The average Bonchev–Trinajstić information content (AvgIpc) is 3.10. The van der Waals surface area contributed by atoms with Crippen molar-refractivity contribution < 1.29 is 4.79 Å².